The Bertz CT molecular complexity index is 1060. The maximum atomic E-state index is 12.0. The average Bonchev–Trinajstić information content (AvgIpc) is 3.22. The van der Waals surface area contributed by atoms with Gasteiger partial charge in [0.15, 0.2) is 0 Å². The second-order valence-corrected chi connectivity index (χ2v) is 7.77. The highest BCUT2D eigenvalue weighted by Gasteiger charge is 2.38. The van der Waals surface area contributed by atoms with Crippen molar-refractivity contribution in [3.05, 3.63) is 41.4 Å². The molecule has 0 unspecified atom stereocenters. The molecule has 0 saturated heterocycles. The molecule has 2 aromatic heterocycles. The Hall–Kier alpha value is -3.89. The van der Waals surface area contributed by atoms with Gasteiger partial charge in [-0.2, -0.15) is 26.3 Å². The predicted molar refractivity (Wildman–Crippen MR) is 115 cm³/mol. The smallest absolute Gasteiger partial charge is 0.490 e. The topological polar surface area (TPSA) is 155 Å². The van der Waals surface area contributed by atoms with E-state index in [4.69, 9.17) is 29.0 Å². The number of carbonyl (C=O) groups is 3. The minimum atomic E-state index is -5.08. The standard InChI is InChI=1S/C17H22N4O3.2C2HF3O2/c1-11(2)19-16(22)17-20-14-10-21(7-6-15(14)24-17)9-12-4-5-13(23-3)8-18-12;2*3-2(4,5)1(6)7/h4-5,8,11H,6-7,9-10H2,1-3H3,(H,19,22);2*(H,6,7). The molecule has 1 amide bonds. The Morgan fingerprint density at radius 3 is 2.08 bits per heavy atom. The van der Waals surface area contributed by atoms with Gasteiger partial charge in [-0.25, -0.2) is 14.6 Å². The van der Waals surface area contributed by atoms with Crippen LogP contribution >= 0.6 is 0 Å². The van der Waals surface area contributed by atoms with Gasteiger partial charge >= 0.3 is 30.2 Å². The third kappa shape index (κ3) is 11.0. The van der Waals surface area contributed by atoms with E-state index in [-0.39, 0.29) is 17.8 Å². The maximum absolute atomic E-state index is 12.0. The number of halogens is 6. The summed E-state index contributed by atoms with van der Waals surface area (Å²) >= 11 is 0. The second kappa shape index (κ2) is 13.6. The number of hydrogen-bond donors (Lipinski definition) is 3. The molecule has 1 aliphatic rings. The number of carboxylic acids is 2. The Balaban J connectivity index is 0.000000426. The number of rotatable bonds is 5. The summed E-state index contributed by atoms with van der Waals surface area (Å²) in [5, 5.41) is 17.0. The van der Waals surface area contributed by atoms with Crippen molar-refractivity contribution in [2.75, 3.05) is 13.7 Å². The van der Waals surface area contributed by atoms with Crippen LogP contribution in [0.5, 0.6) is 5.75 Å². The summed E-state index contributed by atoms with van der Waals surface area (Å²) < 4.78 is 74.2. The zero-order valence-electron chi connectivity index (χ0n) is 20.2. The van der Waals surface area contributed by atoms with Crippen LogP contribution in [-0.2, 0) is 29.1 Å². The normalized spacial score (nSPS) is 13.3. The third-order valence-corrected chi connectivity index (χ3v) is 4.32. The number of carboxylic acid groups (broad SMARTS) is 2. The third-order valence-electron chi connectivity index (χ3n) is 4.32. The molecule has 0 aliphatic carbocycles. The van der Waals surface area contributed by atoms with Gasteiger partial charge in [-0.15, -0.1) is 0 Å². The first-order valence-electron chi connectivity index (χ1n) is 10.5. The average molecular weight is 558 g/mol. The molecule has 3 N–H and O–H groups in total. The van der Waals surface area contributed by atoms with Crippen LogP contribution in [0.2, 0.25) is 0 Å². The Labute approximate surface area is 211 Å². The van der Waals surface area contributed by atoms with Gasteiger partial charge in [-0.05, 0) is 26.0 Å². The second-order valence-electron chi connectivity index (χ2n) is 7.77. The number of carbonyl (C=O) groups excluding carboxylic acids is 1. The van der Waals surface area contributed by atoms with Gasteiger partial charge in [0, 0.05) is 32.1 Å². The molecule has 17 heteroatoms. The number of fused-ring (bicyclic) bond motifs is 1. The van der Waals surface area contributed by atoms with Crippen LogP contribution < -0.4 is 10.1 Å². The molecule has 0 atom stereocenters. The first kappa shape index (κ1) is 32.1. The fourth-order valence-electron chi connectivity index (χ4n) is 2.66. The van der Waals surface area contributed by atoms with Gasteiger partial charge in [0.25, 0.3) is 5.89 Å². The van der Waals surface area contributed by atoms with E-state index in [2.05, 4.69) is 20.2 Å². The molecule has 3 heterocycles. The van der Waals surface area contributed by atoms with E-state index >= 15 is 0 Å². The number of oxazole rings is 1. The van der Waals surface area contributed by atoms with Crippen molar-refractivity contribution in [2.24, 2.45) is 0 Å². The molecule has 0 spiro atoms. The van der Waals surface area contributed by atoms with Gasteiger partial charge in [-0.1, -0.05) is 0 Å². The number of nitrogens with zero attached hydrogens (tertiary/aromatic N) is 3. The Morgan fingerprint density at radius 1 is 1.11 bits per heavy atom. The summed E-state index contributed by atoms with van der Waals surface area (Å²) in [4.78, 5) is 40.8. The Morgan fingerprint density at radius 2 is 1.66 bits per heavy atom. The lowest BCUT2D eigenvalue weighted by Gasteiger charge is -2.24. The van der Waals surface area contributed by atoms with Gasteiger partial charge in [-0.3, -0.25) is 14.7 Å². The van der Waals surface area contributed by atoms with Crippen molar-refractivity contribution in [3.63, 3.8) is 0 Å². The van der Waals surface area contributed by atoms with E-state index in [0.29, 0.717) is 6.54 Å². The molecule has 0 bridgehead atoms. The van der Waals surface area contributed by atoms with E-state index in [1.165, 1.54) is 0 Å². The summed E-state index contributed by atoms with van der Waals surface area (Å²) in [6.45, 7) is 6.04. The minimum Gasteiger partial charge on any atom is -0.495 e. The SMILES string of the molecule is COc1ccc(CN2CCc3oc(C(=O)NC(C)C)nc3C2)nc1.O=C(O)C(F)(F)F.O=C(O)C(F)(F)F. The fourth-order valence-corrected chi connectivity index (χ4v) is 2.66. The van der Waals surface area contributed by atoms with Gasteiger partial charge in [0.1, 0.15) is 11.5 Å². The first-order valence-corrected chi connectivity index (χ1v) is 10.5. The molecular weight excluding hydrogens is 534 g/mol. The molecule has 0 saturated carbocycles. The van der Waals surface area contributed by atoms with Crippen LogP contribution in [-0.4, -0.2) is 75.0 Å². The summed E-state index contributed by atoms with van der Waals surface area (Å²) in [6.07, 6.45) is -7.71. The highest BCUT2D eigenvalue weighted by molar-refractivity contribution is 5.89. The zero-order chi connectivity index (χ0) is 29.3. The number of methoxy groups -OCH3 is 1. The van der Waals surface area contributed by atoms with Gasteiger partial charge < -0.3 is 24.7 Å². The zero-order valence-corrected chi connectivity index (χ0v) is 20.2. The lowest BCUT2D eigenvalue weighted by molar-refractivity contribution is -0.193. The summed E-state index contributed by atoms with van der Waals surface area (Å²) in [7, 11) is 1.63. The molecule has 0 radical (unpaired) electrons. The maximum Gasteiger partial charge on any atom is 0.490 e. The monoisotopic (exact) mass is 558 g/mol. The molecule has 38 heavy (non-hydrogen) atoms. The number of ether oxygens (including phenoxy) is 1. The number of nitrogens with one attached hydrogen (secondary N) is 1. The van der Waals surface area contributed by atoms with Crippen molar-refractivity contribution in [3.8, 4) is 5.75 Å². The number of hydrogen-bond acceptors (Lipinski definition) is 8. The fraction of sp³-hybridized carbons (Fsp3) is 0.476. The van der Waals surface area contributed by atoms with Crippen molar-refractivity contribution in [1.82, 2.24) is 20.2 Å². The number of amides is 1. The van der Waals surface area contributed by atoms with Gasteiger partial charge in [0.2, 0.25) is 0 Å². The highest BCUT2D eigenvalue weighted by atomic mass is 19.4. The molecule has 0 aromatic carbocycles. The number of aromatic nitrogens is 2. The van der Waals surface area contributed by atoms with Crippen LogP contribution in [0.15, 0.2) is 22.7 Å². The van der Waals surface area contributed by atoms with Crippen molar-refractivity contribution < 1.29 is 60.1 Å². The molecular formula is C21H24F6N4O7. The summed E-state index contributed by atoms with van der Waals surface area (Å²) in [5.74, 6) is -4.07. The van der Waals surface area contributed by atoms with Crippen LogP contribution in [0.4, 0.5) is 26.3 Å². The van der Waals surface area contributed by atoms with Gasteiger partial charge in [0.05, 0.1) is 24.7 Å². The predicted octanol–water partition coefficient (Wildman–Crippen LogP) is 3.04. The molecule has 0 fully saturated rings. The lowest BCUT2D eigenvalue weighted by Crippen LogP contribution is -2.30. The molecule has 212 valence electrons. The van der Waals surface area contributed by atoms with E-state index in [0.717, 1.165) is 42.4 Å². The molecule has 3 rings (SSSR count). The molecule has 2 aromatic rings. The van der Waals surface area contributed by atoms with Crippen molar-refractivity contribution in [1.29, 1.82) is 0 Å². The van der Waals surface area contributed by atoms with Crippen molar-refractivity contribution in [2.45, 2.75) is 51.8 Å². The molecule has 1 aliphatic heterocycles. The van der Waals surface area contributed by atoms with E-state index in [9.17, 15) is 31.1 Å². The van der Waals surface area contributed by atoms with Crippen LogP contribution in [0.1, 0.15) is 41.7 Å². The summed E-state index contributed by atoms with van der Waals surface area (Å²) in [5.41, 5.74) is 1.81. The number of alkyl halides is 6. The first-order chi connectivity index (χ1) is 17.4. The van der Waals surface area contributed by atoms with Crippen molar-refractivity contribution >= 4 is 17.8 Å². The number of pyridine rings is 1. The van der Waals surface area contributed by atoms with E-state index in [1.807, 2.05) is 26.0 Å². The summed E-state index contributed by atoms with van der Waals surface area (Å²) in [6, 6.07) is 3.92. The van der Waals surface area contributed by atoms with Crippen LogP contribution in [0, 0.1) is 0 Å². The van der Waals surface area contributed by atoms with Crippen LogP contribution in [0.25, 0.3) is 0 Å². The van der Waals surface area contributed by atoms with E-state index in [1.54, 1.807) is 13.3 Å². The largest absolute Gasteiger partial charge is 0.495 e. The van der Waals surface area contributed by atoms with E-state index < -0.39 is 24.3 Å². The highest BCUT2D eigenvalue weighted by Crippen LogP contribution is 2.21. The Kier molecular flexibility index (Phi) is 11.5. The lowest BCUT2D eigenvalue weighted by atomic mass is 10.1. The van der Waals surface area contributed by atoms with Crippen LogP contribution in [0.3, 0.4) is 0 Å². The minimum absolute atomic E-state index is 0.0547. The quantitative estimate of drug-likeness (QED) is 0.467. The number of aliphatic carboxylic acids is 2. The molecule has 11 nitrogen and oxygen atoms in total.